The molecule has 4 aromatic rings. The minimum Gasteiger partial charge on any atom is -0.437 e. The first-order valence-corrected chi connectivity index (χ1v) is 8.81. The molecule has 0 bridgehead atoms. The van der Waals surface area contributed by atoms with Crippen LogP contribution >= 0.6 is 0 Å². The maximum Gasteiger partial charge on any atom is 0.227 e. The summed E-state index contributed by atoms with van der Waals surface area (Å²) in [7, 11) is 0. The summed E-state index contributed by atoms with van der Waals surface area (Å²) in [6.07, 6.45) is 3.33. The summed E-state index contributed by atoms with van der Waals surface area (Å²) >= 11 is 0. The van der Waals surface area contributed by atoms with Crippen LogP contribution in [0.3, 0.4) is 0 Å². The number of hydrogen-bond donors (Lipinski definition) is 0. The standard InChI is InChI=1S/C22H22N2O/c1-4-15(5-2)16-11-12-23-20(13-16)19-8-6-7-17-18-10-9-14(3)24-22(18)25-21(17)19/h6-13,15H,4-5H2,1-3H3/i15D. The third-order valence-corrected chi connectivity index (χ3v) is 4.80. The molecule has 0 radical (unpaired) electrons. The van der Waals surface area contributed by atoms with E-state index in [1.54, 1.807) is 6.20 Å². The summed E-state index contributed by atoms with van der Waals surface area (Å²) in [5, 5.41) is 2.06. The Balaban J connectivity index is 1.94. The van der Waals surface area contributed by atoms with Crippen molar-refractivity contribution in [3.05, 3.63) is 59.9 Å². The second-order valence-electron chi connectivity index (χ2n) is 6.33. The van der Waals surface area contributed by atoms with E-state index in [2.05, 4.69) is 35.9 Å². The van der Waals surface area contributed by atoms with Crippen molar-refractivity contribution < 1.29 is 5.79 Å². The van der Waals surface area contributed by atoms with Gasteiger partial charge in [-0.3, -0.25) is 4.98 Å². The molecule has 3 heterocycles. The second-order valence-corrected chi connectivity index (χ2v) is 6.33. The molecule has 0 aliphatic heterocycles. The van der Waals surface area contributed by atoms with Gasteiger partial charge in [-0.15, -0.1) is 0 Å². The molecule has 0 aliphatic rings. The molecule has 0 amide bonds. The van der Waals surface area contributed by atoms with E-state index in [1.165, 1.54) is 0 Å². The third-order valence-electron chi connectivity index (χ3n) is 4.80. The smallest absolute Gasteiger partial charge is 0.227 e. The van der Waals surface area contributed by atoms with E-state index < -0.39 is 5.89 Å². The Labute approximate surface area is 149 Å². The summed E-state index contributed by atoms with van der Waals surface area (Å²) in [5.74, 6) is -0.585. The van der Waals surface area contributed by atoms with Crippen molar-refractivity contribution in [2.45, 2.75) is 39.5 Å². The largest absolute Gasteiger partial charge is 0.437 e. The number of pyridine rings is 2. The number of rotatable bonds is 4. The van der Waals surface area contributed by atoms with Crippen LogP contribution in [0, 0.1) is 6.92 Å². The Bertz CT molecular complexity index is 1100. The van der Waals surface area contributed by atoms with Crippen molar-refractivity contribution in [2.75, 3.05) is 0 Å². The van der Waals surface area contributed by atoms with E-state index in [0.29, 0.717) is 5.71 Å². The topological polar surface area (TPSA) is 38.9 Å². The van der Waals surface area contributed by atoms with Crippen LogP contribution in [0.4, 0.5) is 0 Å². The van der Waals surface area contributed by atoms with Crippen LogP contribution in [-0.2, 0) is 0 Å². The Hall–Kier alpha value is -2.68. The van der Waals surface area contributed by atoms with E-state index in [1.807, 2.05) is 37.3 Å². The molecule has 3 nitrogen and oxygen atoms in total. The van der Waals surface area contributed by atoms with E-state index in [-0.39, 0.29) is 0 Å². The lowest BCUT2D eigenvalue weighted by molar-refractivity contribution is 0.641. The molecular weight excluding hydrogens is 308 g/mol. The number of aryl methyl sites for hydroxylation is 1. The Morgan fingerprint density at radius 1 is 1.08 bits per heavy atom. The summed E-state index contributed by atoms with van der Waals surface area (Å²) in [5.41, 5.74) is 5.16. The fraction of sp³-hybridized carbons (Fsp3) is 0.273. The zero-order chi connectivity index (χ0) is 18.3. The molecule has 0 fully saturated rings. The van der Waals surface area contributed by atoms with E-state index >= 15 is 0 Å². The van der Waals surface area contributed by atoms with Crippen LogP contribution in [0.1, 0.15) is 45.2 Å². The summed E-state index contributed by atoms with van der Waals surface area (Å²) in [6.45, 7) is 6.08. The predicted octanol–water partition coefficient (Wildman–Crippen LogP) is 6.26. The number of hydrogen-bond acceptors (Lipinski definition) is 3. The average Bonchev–Trinajstić information content (AvgIpc) is 3.04. The number of furan rings is 1. The molecule has 25 heavy (non-hydrogen) atoms. The van der Waals surface area contributed by atoms with E-state index in [0.717, 1.165) is 51.7 Å². The predicted molar refractivity (Wildman–Crippen MR) is 103 cm³/mol. The van der Waals surface area contributed by atoms with Crippen molar-refractivity contribution >= 4 is 22.1 Å². The van der Waals surface area contributed by atoms with Gasteiger partial charge in [-0.1, -0.05) is 26.0 Å². The number of fused-ring (bicyclic) bond motifs is 3. The highest BCUT2D eigenvalue weighted by Crippen LogP contribution is 2.35. The summed E-state index contributed by atoms with van der Waals surface area (Å²) in [4.78, 5) is 9.08. The molecular formula is C22H22N2O. The quantitative estimate of drug-likeness (QED) is 0.443. The van der Waals surface area contributed by atoms with Crippen LogP contribution in [-0.4, -0.2) is 9.97 Å². The zero-order valence-electron chi connectivity index (χ0n) is 15.8. The monoisotopic (exact) mass is 331 g/mol. The molecule has 3 heteroatoms. The first-order chi connectivity index (χ1) is 12.6. The molecule has 4 rings (SSSR count). The SMILES string of the molecule is [2H]C(CC)(CC)c1ccnc(-c2cccc3c2oc2nc(C)ccc23)c1. The summed E-state index contributed by atoms with van der Waals surface area (Å²) < 4.78 is 14.8. The highest BCUT2D eigenvalue weighted by atomic mass is 16.3. The van der Waals surface area contributed by atoms with Crippen LogP contribution in [0.15, 0.2) is 53.1 Å². The van der Waals surface area contributed by atoms with Crippen molar-refractivity contribution in [3.8, 4) is 11.3 Å². The van der Waals surface area contributed by atoms with Crippen LogP contribution in [0.5, 0.6) is 0 Å². The van der Waals surface area contributed by atoms with Gasteiger partial charge in [0.25, 0.3) is 0 Å². The van der Waals surface area contributed by atoms with Gasteiger partial charge in [0.1, 0.15) is 5.58 Å². The van der Waals surface area contributed by atoms with Gasteiger partial charge in [-0.25, -0.2) is 4.98 Å². The first-order valence-electron chi connectivity index (χ1n) is 9.31. The number of aromatic nitrogens is 2. The van der Waals surface area contributed by atoms with Gasteiger partial charge < -0.3 is 4.42 Å². The fourth-order valence-electron chi connectivity index (χ4n) is 3.43. The van der Waals surface area contributed by atoms with Gasteiger partial charge in [0, 0.05) is 29.6 Å². The fourth-order valence-corrected chi connectivity index (χ4v) is 3.43. The second kappa shape index (κ2) is 6.32. The zero-order valence-corrected chi connectivity index (χ0v) is 14.8. The maximum atomic E-state index is 8.73. The van der Waals surface area contributed by atoms with Crippen molar-refractivity contribution in [2.24, 2.45) is 0 Å². The highest BCUT2D eigenvalue weighted by Gasteiger charge is 2.15. The molecule has 3 aromatic heterocycles. The molecule has 0 atom stereocenters. The minimum atomic E-state index is -0.585. The lowest BCUT2D eigenvalue weighted by atomic mass is 9.93. The van der Waals surface area contributed by atoms with Crippen molar-refractivity contribution in [1.82, 2.24) is 9.97 Å². The minimum absolute atomic E-state index is 0.585. The maximum absolute atomic E-state index is 8.73. The van der Waals surface area contributed by atoms with E-state index in [4.69, 9.17) is 5.79 Å². The third kappa shape index (κ3) is 2.70. The molecule has 0 spiro atoms. The lowest BCUT2D eigenvalue weighted by Crippen LogP contribution is -1.96. The molecule has 0 aliphatic carbocycles. The van der Waals surface area contributed by atoms with Crippen LogP contribution in [0.2, 0.25) is 0 Å². The van der Waals surface area contributed by atoms with Gasteiger partial charge in [0.2, 0.25) is 5.71 Å². The Morgan fingerprint density at radius 3 is 2.72 bits per heavy atom. The van der Waals surface area contributed by atoms with Crippen molar-refractivity contribution in [3.63, 3.8) is 0 Å². The van der Waals surface area contributed by atoms with Crippen LogP contribution < -0.4 is 0 Å². The first kappa shape index (κ1) is 14.6. The average molecular weight is 331 g/mol. The Morgan fingerprint density at radius 2 is 1.92 bits per heavy atom. The van der Waals surface area contributed by atoms with Gasteiger partial charge in [-0.2, -0.15) is 0 Å². The van der Waals surface area contributed by atoms with Gasteiger partial charge in [-0.05, 0) is 61.6 Å². The Kier molecular flexibility index (Phi) is 3.70. The molecule has 0 saturated carbocycles. The molecule has 0 N–H and O–H groups in total. The molecule has 1 aromatic carbocycles. The number of para-hydroxylation sites is 1. The van der Waals surface area contributed by atoms with Crippen molar-refractivity contribution in [1.29, 1.82) is 0 Å². The van der Waals surface area contributed by atoms with Gasteiger partial charge in [0.05, 0.1) is 5.69 Å². The summed E-state index contributed by atoms with van der Waals surface area (Å²) in [6, 6.07) is 14.1. The van der Waals surface area contributed by atoms with Gasteiger partial charge >= 0.3 is 0 Å². The highest BCUT2D eigenvalue weighted by molar-refractivity contribution is 6.08. The molecule has 126 valence electrons. The van der Waals surface area contributed by atoms with Gasteiger partial charge in [0.15, 0.2) is 0 Å². The molecule has 0 unspecified atom stereocenters. The normalized spacial score (nSPS) is 12.7. The number of nitrogens with zero attached hydrogens (tertiary/aromatic N) is 2. The lowest BCUT2D eigenvalue weighted by Gasteiger charge is -2.13. The molecule has 0 saturated heterocycles. The van der Waals surface area contributed by atoms with E-state index in [9.17, 15) is 0 Å². The number of benzene rings is 1. The van der Waals surface area contributed by atoms with Crippen LogP contribution in [0.25, 0.3) is 33.3 Å².